The van der Waals surface area contributed by atoms with Crippen LogP contribution in [-0.4, -0.2) is 16.2 Å². The molecule has 0 N–H and O–H groups in total. The standard InChI is InChI=1S/C16H12BrFN2O4/c1-8-5-12(9(2)23-8)15-20-19-14(24-15)7-22-16(21)11-4-3-10(17)6-13(11)18/h3-6H,7H2,1-2H3. The summed E-state index contributed by atoms with van der Waals surface area (Å²) in [4.78, 5) is 11.9. The van der Waals surface area contributed by atoms with E-state index in [4.69, 9.17) is 13.6 Å². The van der Waals surface area contributed by atoms with Gasteiger partial charge in [-0.25, -0.2) is 9.18 Å². The molecule has 0 fully saturated rings. The van der Waals surface area contributed by atoms with Gasteiger partial charge in [0.25, 0.3) is 11.8 Å². The molecule has 0 aliphatic heterocycles. The second-order valence-electron chi connectivity index (χ2n) is 5.03. The van der Waals surface area contributed by atoms with Crippen LogP contribution in [0.5, 0.6) is 0 Å². The molecule has 0 atom stereocenters. The Kier molecular flexibility index (Phi) is 4.48. The summed E-state index contributed by atoms with van der Waals surface area (Å²) < 4.78 is 30.1. The molecule has 6 nitrogen and oxygen atoms in total. The first-order valence-electron chi connectivity index (χ1n) is 6.96. The second-order valence-corrected chi connectivity index (χ2v) is 5.94. The van der Waals surface area contributed by atoms with E-state index < -0.39 is 11.8 Å². The second kappa shape index (κ2) is 6.56. The van der Waals surface area contributed by atoms with Crippen molar-refractivity contribution < 1.29 is 22.8 Å². The molecule has 124 valence electrons. The number of halogens is 2. The topological polar surface area (TPSA) is 78.4 Å². The van der Waals surface area contributed by atoms with E-state index in [-0.39, 0.29) is 24.0 Å². The van der Waals surface area contributed by atoms with Gasteiger partial charge in [-0.1, -0.05) is 15.9 Å². The molecule has 0 bridgehead atoms. The molecule has 1 aromatic carbocycles. The molecule has 0 amide bonds. The number of esters is 1. The third kappa shape index (κ3) is 3.38. The van der Waals surface area contributed by atoms with E-state index in [0.717, 1.165) is 5.76 Å². The Morgan fingerprint density at radius 1 is 1.25 bits per heavy atom. The highest BCUT2D eigenvalue weighted by Crippen LogP contribution is 2.25. The van der Waals surface area contributed by atoms with Crippen LogP contribution in [0.3, 0.4) is 0 Å². The molecule has 2 heterocycles. The summed E-state index contributed by atoms with van der Waals surface area (Å²) in [5.74, 6) is 0.260. The zero-order chi connectivity index (χ0) is 17.3. The lowest BCUT2D eigenvalue weighted by atomic mass is 10.2. The molecule has 0 spiro atoms. The fraction of sp³-hybridized carbons (Fsp3) is 0.188. The third-order valence-corrected chi connectivity index (χ3v) is 3.71. The number of ether oxygens (including phenoxy) is 1. The predicted molar refractivity (Wildman–Crippen MR) is 84.7 cm³/mol. The summed E-state index contributed by atoms with van der Waals surface area (Å²) in [6, 6.07) is 5.84. The molecule has 24 heavy (non-hydrogen) atoms. The summed E-state index contributed by atoms with van der Waals surface area (Å²) in [6.07, 6.45) is 0. The van der Waals surface area contributed by atoms with E-state index in [1.54, 1.807) is 19.1 Å². The van der Waals surface area contributed by atoms with Crippen LogP contribution in [0.2, 0.25) is 0 Å². The highest BCUT2D eigenvalue weighted by molar-refractivity contribution is 9.10. The van der Waals surface area contributed by atoms with Crippen LogP contribution in [0.25, 0.3) is 11.5 Å². The van der Waals surface area contributed by atoms with Crippen molar-refractivity contribution in [1.82, 2.24) is 10.2 Å². The van der Waals surface area contributed by atoms with Gasteiger partial charge in [0.05, 0.1) is 11.1 Å². The highest BCUT2D eigenvalue weighted by Gasteiger charge is 2.17. The number of aryl methyl sites for hydroxylation is 2. The summed E-state index contributed by atoms with van der Waals surface area (Å²) in [6.45, 7) is 3.34. The highest BCUT2D eigenvalue weighted by atomic mass is 79.9. The molecule has 3 aromatic rings. The van der Waals surface area contributed by atoms with Crippen LogP contribution in [0.1, 0.15) is 27.8 Å². The molecule has 0 unspecified atom stereocenters. The van der Waals surface area contributed by atoms with Gasteiger partial charge < -0.3 is 13.6 Å². The van der Waals surface area contributed by atoms with Gasteiger partial charge in [0.1, 0.15) is 17.3 Å². The Labute approximate surface area is 144 Å². The zero-order valence-electron chi connectivity index (χ0n) is 12.8. The van der Waals surface area contributed by atoms with Crippen LogP contribution in [0, 0.1) is 19.7 Å². The van der Waals surface area contributed by atoms with Gasteiger partial charge in [-0.2, -0.15) is 0 Å². The van der Waals surface area contributed by atoms with Crippen molar-refractivity contribution in [2.24, 2.45) is 0 Å². The summed E-state index contributed by atoms with van der Waals surface area (Å²) >= 11 is 3.12. The number of carbonyl (C=O) groups is 1. The van der Waals surface area contributed by atoms with E-state index in [0.29, 0.717) is 15.8 Å². The maximum Gasteiger partial charge on any atom is 0.341 e. The minimum absolute atomic E-state index is 0.106. The van der Waals surface area contributed by atoms with Gasteiger partial charge >= 0.3 is 5.97 Å². The monoisotopic (exact) mass is 394 g/mol. The lowest BCUT2D eigenvalue weighted by Gasteiger charge is -2.03. The quantitative estimate of drug-likeness (QED) is 0.616. The van der Waals surface area contributed by atoms with E-state index >= 15 is 0 Å². The summed E-state index contributed by atoms with van der Waals surface area (Å²) in [5, 5.41) is 7.70. The Balaban J connectivity index is 1.69. The maximum atomic E-state index is 13.7. The number of furan rings is 1. The summed E-state index contributed by atoms with van der Waals surface area (Å²) in [7, 11) is 0. The molecule has 0 aliphatic carbocycles. The molecule has 0 radical (unpaired) electrons. The largest absolute Gasteiger partial charge is 0.466 e. The van der Waals surface area contributed by atoms with Crippen molar-refractivity contribution >= 4 is 21.9 Å². The van der Waals surface area contributed by atoms with Crippen LogP contribution in [-0.2, 0) is 11.3 Å². The first-order chi connectivity index (χ1) is 11.4. The number of hydrogen-bond donors (Lipinski definition) is 0. The molecule has 8 heteroatoms. The Hall–Kier alpha value is -2.48. The van der Waals surface area contributed by atoms with Crippen molar-refractivity contribution in [2.75, 3.05) is 0 Å². The first kappa shape index (κ1) is 16.4. The van der Waals surface area contributed by atoms with Crippen LogP contribution in [0.4, 0.5) is 4.39 Å². The minimum Gasteiger partial charge on any atom is -0.466 e. The number of aromatic nitrogens is 2. The van der Waals surface area contributed by atoms with Gasteiger partial charge in [0, 0.05) is 4.47 Å². The van der Waals surface area contributed by atoms with Gasteiger partial charge in [0.15, 0.2) is 6.61 Å². The number of carbonyl (C=O) groups excluding carboxylic acids is 1. The van der Waals surface area contributed by atoms with Crippen LogP contribution >= 0.6 is 15.9 Å². The van der Waals surface area contributed by atoms with Gasteiger partial charge in [-0.15, -0.1) is 10.2 Å². The van der Waals surface area contributed by atoms with Gasteiger partial charge in [-0.3, -0.25) is 0 Å². The lowest BCUT2D eigenvalue weighted by Crippen LogP contribution is -2.07. The van der Waals surface area contributed by atoms with E-state index in [1.165, 1.54) is 12.1 Å². The SMILES string of the molecule is Cc1cc(-c2nnc(COC(=O)c3ccc(Br)cc3F)o2)c(C)o1. The third-order valence-electron chi connectivity index (χ3n) is 3.22. The van der Waals surface area contributed by atoms with Gasteiger partial charge in [0.2, 0.25) is 0 Å². The smallest absolute Gasteiger partial charge is 0.341 e. The number of nitrogens with zero attached hydrogens (tertiary/aromatic N) is 2. The Bertz CT molecular complexity index is 903. The summed E-state index contributed by atoms with van der Waals surface area (Å²) in [5.41, 5.74) is 0.510. The normalized spacial score (nSPS) is 10.8. The Morgan fingerprint density at radius 2 is 2.04 bits per heavy atom. The van der Waals surface area contributed by atoms with Crippen molar-refractivity contribution in [3.05, 3.63) is 57.5 Å². The number of benzene rings is 1. The number of hydrogen-bond acceptors (Lipinski definition) is 6. The maximum absolute atomic E-state index is 13.7. The van der Waals surface area contributed by atoms with Crippen LogP contribution < -0.4 is 0 Å². The fourth-order valence-electron chi connectivity index (χ4n) is 2.12. The first-order valence-corrected chi connectivity index (χ1v) is 7.75. The molecule has 0 saturated carbocycles. The fourth-order valence-corrected chi connectivity index (χ4v) is 2.46. The minimum atomic E-state index is -0.810. The molecule has 3 rings (SSSR count). The average Bonchev–Trinajstić information content (AvgIpc) is 3.11. The predicted octanol–water partition coefficient (Wildman–Crippen LogP) is 4.21. The molecular weight excluding hydrogens is 383 g/mol. The van der Waals surface area contributed by atoms with E-state index in [2.05, 4.69) is 26.1 Å². The van der Waals surface area contributed by atoms with Crippen molar-refractivity contribution in [3.8, 4) is 11.5 Å². The molecule has 2 aromatic heterocycles. The van der Waals surface area contributed by atoms with Gasteiger partial charge in [-0.05, 0) is 38.1 Å². The molecular formula is C16H12BrFN2O4. The zero-order valence-corrected chi connectivity index (χ0v) is 14.4. The average molecular weight is 395 g/mol. The number of rotatable bonds is 4. The van der Waals surface area contributed by atoms with Crippen molar-refractivity contribution in [3.63, 3.8) is 0 Å². The molecule has 0 aliphatic rings. The van der Waals surface area contributed by atoms with Crippen molar-refractivity contribution in [1.29, 1.82) is 0 Å². The van der Waals surface area contributed by atoms with E-state index in [1.807, 2.05) is 6.92 Å². The van der Waals surface area contributed by atoms with E-state index in [9.17, 15) is 9.18 Å². The Morgan fingerprint density at radius 3 is 2.71 bits per heavy atom. The molecule has 0 saturated heterocycles. The van der Waals surface area contributed by atoms with Crippen LogP contribution in [0.15, 0.2) is 37.6 Å². The lowest BCUT2D eigenvalue weighted by molar-refractivity contribution is 0.0433. The van der Waals surface area contributed by atoms with Crippen molar-refractivity contribution in [2.45, 2.75) is 20.5 Å².